The van der Waals surface area contributed by atoms with Gasteiger partial charge in [0.1, 0.15) is 3.66 Å². The van der Waals surface area contributed by atoms with Gasteiger partial charge in [-0.3, -0.25) is 4.21 Å². The molecule has 2 fully saturated rings. The maximum Gasteiger partial charge on any atom is 0.131 e. The van der Waals surface area contributed by atoms with E-state index < -0.39 is 19.9 Å². The lowest BCUT2D eigenvalue weighted by Crippen LogP contribution is -2.21. The molecule has 0 heterocycles. The number of aryl methyl sites for hydroxylation is 1. The van der Waals surface area contributed by atoms with Crippen molar-refractivity contribution >= 4 is 26.7 Å². The minimum absolute atomic E-state index is 0.195. The van der Waals surface area contributed by atoms with Crippen LogP contribution in [0.15, 0.2) is 29.2 Å². The molecular formula is C29H44BrNOS. The highest BCUT2D eigenvalue weighted by Gasteiger charge is 2.88. The van der Waals surface area contributed by atoms with E-state index in [1.54, 1.807) is 0 Å². The third-order valence-electron chi connectivity index (χ3n) is 8.46. The van der Waals surface area contributed by atoms with Gasteiger partial charge in [0.2, 0.25) is 0 Å². The van der Waals surface area contributed by atoms with Crippen LogP contribution in [0.3, 0.4) is 0 Å². The summed E-state index contributed by atoms with van der Waals surface area (Å²) in [6.45, 7) is 4.26. The van der Waals surface area contributed by atoms with Gasteiger partial charge in [0, 0.05) is 10.3 Å². The Labute approximate surface area is 213 Å². The first-order valence-electron chi connectivity index (χ1n) is 13.6. The highest BCUT2D eigenvalue weighted by Crippen LogP contribution is 2.83. The molecule has 2 aliphatic rings. The Bertz CT molecular complexity index is 800. The molecule has 1 spiro atoms. The number of nitrogens with zero attached hydrogens (tertiary/aromatic N) is 1. The van der Waals surface area contributed by atoms with Gasteiger partial charge in [0.25, 0.3) is 0 Å². The number of hydrogen-bond acceptors (Lipinski definition) is 2. The van der Waals surface area contributed by atoms with Crippen molar-refractivity contribution in [1.29, 1.82) is 5.26 Å². The zero-order valence-electron chi connectivity index (χ0n) is 21.0. The van der Waals surface area contributed by atoms with E-state index in [0.29, 0.717) is 0 Å². The zero-order chi connectivity index (χ0) is 23.8. The molecule has 4 heteroatoms. The topological polar surface area (TPSA) is 40.9 Å². The van der Waals surface area contributed by atoms with E-state index in [4.69, 9.17) is 0 Å². The fraction of sp³-hybridized carbons (Fsp3) is 0.759. The zero-order valence-corrected chi connectivity index (χ0v) is 23.4. The van der Waals surface area contributed by atoms with E-state index in [2.05, 4.69) is 48.0 Å². The van der Waals surface area contributed by atoms with Crippen molar-refractivity contribution in [2.45, 2.75) is 132 Å². The molecule has 0 radical (unpaired) electrons. The summed E-state index contributed by atoms with van der Waals surface area (Å²) in [5.74, 6) is 0. The van der Waals surface area contributed by atoms with Crippen LogP contribution in [0.2, 0.25) is 0 Å². The lowest BCUT2D eigenvalue weighted by molar-refractivity contribution is 0.303. The summed E-state index contributed by atoms with van der Waals surface area (Å²) in [4.78, 5) is 0.862. The molecule has 0 aliphatic heterocycles. The van der Waals surface area contributed by atoms with Crippen LogP contribution in [0.4, 0.5) is 0 Å². The monoisotopic (exact) mass is 533 g/mol. The first kappa shape index (κ1) is 26.9. The number of benzene rings is 1. The molecule has 2 nitrogen and oxygen atoms in total. The summed E-state index contributed by atoms with van der Waals surface area (Å²) in [6, 6.07) is 10.9. The first-order chi connectivity index (χ1) is 16.0. The lowest BCUT2D eigenvalue weighted by Gasteiger charge is -2.22. The van der Waals surface area contributed by atoms with Gasteiger partial charge in [0.15, 0.2) is 0 Å². The largest absolute Gasteiger partial charge is 0.253 e. The van der Waals surface area contributed by atoms with Crippen molar-refractivity contribution in [2.75, 3.05) is 0 Å². The number of hydrogen-bond donors (Lipinski definition) is 0. The van der Waals surface area contributed by atoms with E-state index in [-0.39, 0.29) is 5.41 Å². The highest BCUT2D eigenvalue weighted by atomic mass is 79.9. The number of alkyl halides is 1. The third-order valence-corrected chi connectivity index (χ3v) is 12.7. The predicted molar refractivity (Wildman–Crippen MR) is 144 cm³/mol. The second kappa shape index (κ2) is 12.3. The van der Waals surface area contributed by atoms with Crippen LogP contribution in [-0.4, -0.2) is 7.87 Å². The van der Waals surface area contributed by atoms with Crippen LogP contribution in [0.1, 0.15) is 122 Å². The van der Waals surface area contributed by atoms with Crippen molar-refractivity contribution in [2.24, 2.45) is 10.8 Å². The average molecular weight is 535 g/mol. The first-order valence-corrected chi connectivity index (χ1v) is 15.5. The molecule has 0 amide bonds. The molecule has 0 bridgehead atoms. The molecule has 184 valence electrons. The standard InChI is InChI=1S/C29H44BrNOS/c1-3-4-21-28(24-31)27(29(28,30)33(32)26-19-17-25(2)18-20-26)22-15-13-11-9-7-5-6-8-10-12-14-16-23-27/h17-20H,3-16,21-23H2,1-2H3. The van der Waals surface area contributed by atoms with E-state index >= 15 is 0 Å². The van der Waals surface area contributed by atoms with Crippen molar-refractivity contribution < 1.29 is 4.21 Å². The van der Waals surface area contributed by atoms with Gasteiger partial charge in [-0.25, -0.2) is 0 Å². The second-order valence-electron chi connectivity index (χ2n) is 10.6. The van der Waals surface area contributed by atoms with Crippen LogP contribution >= 0.6 is 15.9 Å². The molecule has 0 aromatic heterocycles. The number of nitriles is 1. The summed E-state index contributed by atoms with van der Waals surface area (Å²) in [6.07, 6.45) is 20.5. The summed E-state index contributed by atoms with van der Waals surface area (Å²) < 4.78 is 13.5. The Kier molecular flexibility index (Phi) is 10.1. The number of halogens is 1. The average Bonchev–Trinajstić information content (AvgIpc) is 3.29. The van der Waals surface area contributed by atoms with Crippen LogP contribution < -0.4 is 0 Å². The van der Waals surface area contributed by atoms with Crippen molar-refractivity contribution in [3.05, 3.63) is 29.8 Å². The van der Waals surface area contributed by atoms with Gasteiger partial charge in [-0.05, 0) is 38.3 Å². The summed E-state index contributed by atoms with van der Waals surface area (Å²) in [5, 5.41) is 10.7. The normalized spacial score (nSPS) is 30.0. The lowest BCUT2D eigenvalue weighted by atomic mass is 9.81. The van der Waals surface area contributed by atoms with Crippen LogP contribution in [-0.2, 0) is 10.8 Å². The van der Waals surface area contributed by atoms with Crippen molar-refractivity contribution in [3.8, 4) is 6.07 Å². The summed E-state index contributed by atoms with van der Waals surface area (Å²) in [5.41, 5.74) is 0.441. The predicted octanol–water partition coefficient (Wildman–Crippen LogP) is 9.37. The molecule has 33 heavy (non-hydrogen) atoms. The van der Waals surface area contributed by atoms with E-state index in [9.17, 15) is 9.47 Å². The fourth-order valence-corrected chi connectivity index (χ4v) is 10.3. The molecule has 3 atom stereocenters. The van der Waals surface area contributed by atoms with Gasteiger partial charge in [0.05, 0.1) is 22.3 Å². The van der Waals surface area contributed by atoms with Crippen LogP contribution in [0, 0.1) is 29.1 Å². The van der Waals surface area contributed by atoms with Crippen LogP contribution in [0.5, 0.6) is 0 Å². The molecule has 2 aliphatic carbocycles. The Morgan fingerprint density at radius 3 is 1.76 bits per heavy atom. The number of rotatable bonds is 5. The Morgan fingerprint density at radius 1 is 0.879 bits per heavy atom. The number of unbranched alkanes of at least 4 members (excludes halogenated alkanes) is 1. The summed E-state index contributed by atoms with van der Waals surface area (Å²) >= 11 is 4.10. The molecule has 1 aromatic carbocycles. The fourth-order valence-electron chi connectivity index (χ4n) is 6.42. The molecule has 0 saturated heterocycles. The van der Waals surface area contributed by atoms with Crippen molar-refractivity contribution in [1.82, 2.24) is 0 Å². The minimum atomic E-state index is -1.25. The maximum absolute atomic E-state index is 14.2. The summed E-state index contributed by atoms with van der Waals surface area (Å²) in [7, 11) is -1.25. The molecule has 2 saturated carbocycles. The smallest absolute Gasteiger partial charge is 0.131 e. The van der Waals surface area contributed by atoms with E-state index in [1.807, 2.05) is 12.1 Å². The van der Waals surface area contributed by atoms with Gasteiger partial charge >= 0.3 is 0 Å². The highest BCUT2D eigenvalue weighted by molar-refractivity contribution is 9.11. The van der Waals surface area contributed by atoms with Crippen molar-refractivity contribution in [3.63, 3.8) is 0 Å². The van der Waals surface area contributed by atoms with Gasteiger partial charge in [-0.2, -0.15) is 5.26 Å². The molecule has 3 rings (SSSR count). The maximum atomic E-state index is 14.2. The quantitative estimate of drug-likeness (QED) is 0.353. The van der Waals surface area contributed by atoms with Gasteiger partial charge in [-0.15, -0.1) is 0 Å². The Morgan fingerprint density at radius 2 is 1.33 bits per heavy atom. The van der Waals surface area contributed by atoms with E-state index in [0.717, 1.165) is 49.8 Å². The molecular weight excluding hydrogens is 490 g/mol. The van der Waals surface area contributed by atoms with Gasteiger partial charge in [-0.1, -0.05) is 130 Å². The second-order valence-corrected chi connectivity index (χ2v) is 14.0. The van der Waals surface area contributed by atoms with E-state index in [1.165, 1.54) is 69.8 Å². The molecule has 0 N–H and O–H groups in total. The van der Waals surface area contributed by atoms with Gasteiger partial charge < -0.3 is 0 Å². The van der Waals surface area contributed by atoms with Crippen LogP contribution in [0.25, 0.3) is 0 Å². The Hall–Kier alpha value is -0.660. The minimum Gasteiger partial charge on any atom is -0.253 e. The Balaban J connectivity index is 1.92. The molecule has 3 unspecified atom stereocenters. The SMILES string of the molecule is CCCCC1(C#N)C2(CCCCCCCCCCCCCC2)C1(Br)S(=O)c1ccc(C)cc1. The third kappa shape index (κ3) is 5.30. The molecule has 1 aromatic rings.